The number of H-pyrrole nitrogens is 1. The molecule has 0 saturated heterocycles. The van der Waals surface area contributed by atoms with Gasteiger partial charge in [0.2, 0.25) is 5.82 Å². The molecule has 7 nitrogen and oxygen atoms in total. The van der Waals surface area contributed by atoms with E-state index in [1.807, 2.05) is 0 Å². The molecule has 0 aliphatic rings. The number of hydrogen-bond donors (Lipinski definition) is 2. The van der Waals surface area contributed by atoms with Gasteiger partial charge in [0.25, 0.3) is 5.91 Å². The first kappa shape index (κ1) is 14.6. The minimum atomic E-state index is -1.50. The average Bonchev–Trinajstić information content (AvgIpc) is 2.91. The fourth-order valence-corrected chi connectivity index (χ4v) is 1.74. The summed E-state index contributed by atoms with van der Waals surface area (Å²) in [5.74, 6) is -3.76. The SMILES string of the molecule is CC(NC(=O)c1c(F)ccc([N+](=O)[O-])c1F)c1cn[nH]c1. The quantitative estimate of drug-likeness (QED) is 0.666. The normalized spacial score (nSPS) is 12.0. The topological polar surface area (TPSA) is 101 Å². The van der Waals surface area contributed by atoms with Gasteiger partial charge >= 0.3 is 5.69 Å². The van der Waals surface area contributed by atoms with Crippen molar-refractivity contribution in [1.82, 2.24) is 15.5 Å². The van der Waals surface area contributed by atoms with Gasteiger partial charge in [0.1, 0.15) is 11.4 Å². The molecule has 0 aliphatic carbocycles. The number of benzene rings is 1. The summed E-state index contributed by atoms with van der Waals surface area (Å²) < 4.78 is 27.5. The summed E-state index contributed by atoms with van der Waals surface area (Å²) in [4.78, 5) is 21.5. The van der Waals surface area contributed by atoms with E-state index in [1.54, 1.807) is 6.92 Å². The molecule has 21 heavy (non-hydrogen) atoms. The van der Waals surface area contributed by atoms with Crippen molar-refractivity contribution in [2.45, 2.75) is 13.0 Å². The number of nitrogens with zero attached hydrogens (tertiary/aromatic N) is 2. The van der Waals surface area contributed by atoms with E-state index in [2.05, 4.69) is 15.5 Å². The summed E-state index contributed by atoms with van der Waals surface area (Å²) in [6.07, 6.45) is 2.94. The summed E-state index contributed by atoms with van der Waals surface area (Å²) in [6, 6.07) is 0.772. The third kappa shape index (κ3) is 2.86. The van der Waals surface area contributed by atoms with E-state index < -0.39 is 39.8 Å². The Kier molecular flexibility index (Phi) is 3.92. The Morgan fingerprint density at radius 3 is 2.76 bits per heavy atom. The van der Waals surface area contributed by atoms with Gasteiger partial charge in [0.05, 0.1) is 17.2 Å². The van der Waals surface area contributed by atoms with Gasteiger partial charge in [-0.05, 0) is 13.0 Å². The molecule has 9 heteroatoms. The lowest BCUT2D eigenvalue weighted by Gasteiger charge is -2.12. The number of aromatic nitrogens is 2. The molecule has 2 aromatic rings. The fourth-order valence-electron chi connectivity index (χ4n) is 1.74. The van der Waals surface area contributed by atoms with Crippen LogP contribution in [0.1, 0.15) is 28.9 Å². The van der Waals surface area contributed by atoms with Gasteiger partial charge in [-0.25, -0.2) is 4.39 Å². The van der Waals surface area contributed by atoms with Crippen molar-refractivity contribution in [2.75, 3.05) is 0 Å². The van der Waals surface area contributed by atoms with Crippen molar-refractivity contribution in [1.29, 1.82) is 0 Å². The molecule has 1 aromatic heterocycles. The van der Waals surface area contributed by atoms with Gasteiger partial charge in [-0.2, -0.15) is 9.49 Å². The number of rotatable bonds is 4. The number of nitrogens with one attached hydrogen (secondary N) is 2. The highest BCUT2D eigenvalue weighted by Gasteiger charge is 2.27. The zero-order valence-electron chi connectivity index (χ0n) is 10.8. The molecule has 0 bridgehead atoms. The smallest absolute Gasteiger partial charge is 0.305 e. The minimum Gasteiger partial charge on any atom is -0.345 e. The van der Waals surface area contributed by atoms with Gasteiger partial charge in [-0.3, -0.25) is 20.0 Å². The third-order valence-electron chi connectivity index (χ3n) is 2.86. The molecule has 1 atom stereocenters. The van der Waals surface area contributed by atoms with E-state index in [0.717, 1.165) is 0 Å². The van der Waals surface area contributed by atoms with Crippen molar-refractivity contribution in [3.63, 3.8) is 0 Å². The minimum absolute atomic E-state index is 0.575. The summed E-state index contributed by atoms with van der Waals surface area (Å²) in [6.45, 7) is 1.58. The highest BCUT2D eigenvalue weighted by atomic mass is 19.1. The highest BCUT2D eigenvalue weighted by Crippen LogP contribution is 2.23. The molecule has 0 fully saturated rings. The predicted octanol–water partition coefficient (Wildman–Crippen LogP) is 2.09. The zero-order chi connectivity index (χ0) is 15.6. The maximum absolute atomic E-state index is 13.9. The van der Waals surface area contributed by atoms with E-state index in [4.69, 9.17) is 0 Å². The Morgan fingerprint density at radius 1 is 1.48 bits per heavy atom. The van der Waals surface area contributed by atoms with E-state index in [9.17, 15) is 23.7 Å². The largest absolute Gasteiger partial charge is 0.345 e. The summed E-state index contributed by atoms with van der Waals surface area (Å²) >= 11 is 0. The van der Waals surface area contributed by atoms with Crippen LogP contribution >= 0.6 is 0 Å². The van der Waals surface area contributed by atoms with Gasteiger partial charge in [-0.1, -0.05) is 0 Å². The average molecular weight is 296 g/mol. The molecule has 0 radical (unpaired) electrons. The Morgan fingerprint density at radius 2 is 2.19 bits per heavy atom. The molecule has 1 unspecified atom stereocenters. The Labute approximate surface area is 117 Å². The molecule has 2 rings (SSSR count). The second kappa shape index (κ2) is 5.65. The number of carbonyl (C=O) groups is 1. The summed E-state index contributed by atoms with van der Waals surface area (Å²) in [5.41, 5.74) is -1.35. The second-order valence-corrected chi connectivity index (χ2v) is 4.24. The Hall–Kier alpha value is -2.84. The molecule has 0 aliphatic heterocycles. The van der Waals surface area contributed by atoms with Crippen molar-refractivity contribution >= 4 is 11.6 Å². The van der Waals surface area contributed by atoms with Gasteiger partial charge in [0, 0.05) is 17.8 Å². The maximum atomic E-state index is 13.9. The van der Waals surface area contributed by atoms with Crippen molar-refractivity contribution in [2.24, 2.45) is 0 Å². The first-order valence-electron chi connectivity index (χ1n) is 5.83. The Bertz CT molecular complexity index is 688. The number of amides is 1. The van der Waals surface area contributed by atoms with Crippen LogP contribution in [0.15, 0.2) is 24.5 Å². The van der Waals surface area contributed by atoms with Crippen LogP contribution in [-0.2, 0) is 0 Å². The molecule has 1 amide bonds. The monoisotopic (exact) mass is 296 g/mol. The van der Waals surface area contributed by atoms with Gasteiger partial charge in [-0.15, -0.1) is 0 Å². The van der Waals surface area contributed by atoms with Gasteiger partial charge < -0.3 is 5.32 Å². The lowest BCUT2D eigenvalue weighted by Crippen LogP contribution is -2.28. The van der Waals surface area contributed by atoms with E-state index in [1.165, 1.54) is 12.4 Å². The van der Waals surface area contributed by atoms with Crippen molar-refractivity contribution < 1.29 is 18.5 Å². The van der Waals surface area contributed by atoms with E-state index >= 15 is 0 Å². The molecule has 0 spiro atoms. The number of nitro groups is 1. The van der Waals surface area contributed by atoms with Crippen molar-refractivity contribution in [3.8, 4) is 0 Å². The number of hydrogen-bond acceptors (Lipinski definition) is 4. The number of nitro benzene ring substituents is 1. The van der Waals surface area contributed by atoms with Crippen LogP contribution in [-0.4, -0.2) is 21.0 Å². The molecule has 2 N–H and O–H groups in total. The van der Waals surface area contributed by atoms with Crippen LogP contribution in [0.25, 0.3) is 0 Å². The molecular formula is C12H10F2N4O3. The van der Waals surface area contributed by atoms with Gasteiger partial charge in [0.15, 0.2) is 0 Å². The lowest BCUT2D eigenvalue weighted by atomic mass is 10.1. The maximum Gasteiger partial charge on any atom is 0.305 e. The number of aromatic amines is 1. The number of halogens is 2. The van der Waals surface area contributed by atoms with Crippen LogP contribution in [0.2, 0.25) is 0 Å². The molecule has 0 saturated carbocycles. The van der Waals surface area contributed by atoms with Crippen molar-refractivity contribution in [3.05, 3.63) is 57.4 Å². The Balaban J connectivity index is 2.31. The first-order valence-corrected chi connectivity index (χ1v) is 5.83. The van der Waals surface area contributed by atoms with Crippen LogP contribution in [0.5, 0.6) is 0 Å². The van der Waals surface area contributed by atoms with Crippen LogP contribution in [0, 0.1) is 21.7 Å². The number of carbonyl (C=O) groups excluding carboxylic acids is 1. The molecule has 1 aromatic carbocycles. The fraction of sp³-hybridized carbons (Fsp3) is 0.167. The molecular weight excluding hydrogens is 286 g/mol. The van der Waals surface area contributed by atoms with Crippen LogP contribution < -0.4 is 5.32 Å². The second-order valence-electron chi connectivity index (χ2n) is 4.24. The zero-order valence-corrected chi connectivity index (χ0v) is 10.8. The molecule has 1 heterocycles. The predicted molar refractivity (Wildman–Crippen MR) is 67.5 cm³/mol. The summed E-state index contributed by atoms with van der Waals surface area (Å²) in [7, 11) is 0. The summed E-state index contributed by atoms with van der Waals surface area (Å²) in [5, 5.41) is 19.2. The van der Waals surface area contributed by atoms with E-state index in [-0.39, 0.29) is 0 Å². The highest BCUT2D eigenvalue weighted by molar-refractivity contribution is 5.95. The third-order valence-corrected chi connectivity index (χ3v) is 2.86. The van der Waals surface area contributed by atoms with E-state index in [0.29, 0.717) is 17.7 Å². The standard InChI is InChI=1S/C12H10F2N4O3/c1-6(7-4-15-16-5-7)17-12(19)10-8(13)2-3-9(11(10)14)18(20)21/h2-6H,1H3,(H,15,16)(H,17,19). The lowest BCUT2D eigenvalue weighted by molar-refractivity contribution is -0.387. The van der Waals surface area contributed by atoms with Crippen LogP contribution in [0.4, 0.5) is 14.5 Å². The first-order chi connectivity index (χ1) is 9.91. The molecule has 110 valence electrons. The van der Waals surface area contributed by atoms with Crippen LogP contribution in [0.3, 0.4) is 0 Å².